The molecule has 0 saturated carbocycles. The number of anilines is 1. The number of hydrogen-bond acceptors (Lipinski definition) is 5. The number of ketones is 1. The SMILES string of the molecule is O=C(Nc1cccc(SCC(=O)c2ccc(Br)cc2)c1)/C(=C/c1cccs1)NC(=O)c1ccccc1. The molecule has 0 atom stereocenters. The maximum Gasteiger partial charge on any atom is 0.272 e. The number of rotatable bonds is 9. The second-order valence-corrected chi connectivity index (χ2v) is 10.5. The Morgan fingerprint density at radius 1 is 0.861 bits per heavy atom. The minimum atomic E-state index is -0.444. The molecule has 0 spiro atoms. The highest BCUT2D eigenvalue weighted by atomic mass is 79.9. The van der Waals surface area contributed by atoms with E-state index in [1.807, 2.05) is 47.8 Å². The van der Waals surface area contributed by atoms with Crippen LogP contribution in [0.4, 0.5) is 5.69 Å². The molecular weight excluding hydrogens is 556 g/mol. The van der Waals surface area contributed by atoms with Crippen LogP contribution in [-0.2, 0) is 4.79 Å². The van der Waals surface area contributed by atoms with E-state index in [9.17, 15) is 14.4 Å². The molecule has 0 aliphatic carbocycles. The number of nitrogens with one attached hydrogen (secondary N) is 2. The maximum atomic E-state index is 13.1. The van der Waals surface area contributed by atoms with Gasteiger partial charge in [-0.2, -0.15) is 0 Å². The molecule has 0 aliphatic rings. The molecular formula is C28H21BrN2O3S2. The van der Waals surface area contributed by atoms with Gasteiger partial charge in [-0.15, -0.1) is 23.1 Å². The van der Waals surface area contributed by atoms with E-state index in [-0.39, 0.29) is 23.1 Å². The third kappa shape index (κ3) is 7.27. The first-order chi connectivity index (χ1) is 17.5. The summed E-state index contributed by atoms with van der Waals surface area (Å²) in [5.74, 6) is -0.521. The van der Waals surface area contributed by atoms with Gasteiger partial charge in [0.2, 0.25) is 0 Å². The number of amides is 2. The Balaban J connectivity index is 1.44. The highest BCUT2D eigenvalue weighted by Crippen LogP contribution is 2.24. The topological polar surface area (TPSA) is 75.3 Å². The second kappa shape index (κ2) is 12.5. The predicted molar refractivity (Wildman–Crippen MR) is 150 cm³/mol. The van der Waals surface area contributed by atoms with E-state index in [1.165, 1.54) is 23.1 Å². The standard InChI is InChI=1S/C28H21BrN2O3S2/c29-21-13-11-19(12-14-21)26(32)18-36-23-9-4-8-22(16-23)30-28(34)25(17-24-10-5-15-35-24)31-27(33)20-6-2-1-3-7-20/h1-17H,18H2,(H,30,34)(H,31,33)/b25-17-. The van der Waals surface area contributed by atoms with Crippen LogP contribution in [0.1, 0.15) is 25.6 Å². The summed E-state index contributed by atoms with van der Waals surface area (Å²) in [7, 11) is 0. The van der Waals surface area contributed by atoms with Gasteiger partial charge in [-0.05, 0) is 60.0 Å². The molecule has 2 amide bonds. The van der Waals surface area contributed by atoms with Gasteiger partial charge in [-0.25, -0.2) is 0 Å². The molecule has 0 saturated heterocycles. The molecule has 8 heteroatoms. The monoisotopic (exact) mass is 576 g/mol. The number of benzene rings is 3. The normalized spacial score (nSPS) is 11.1. The summed E-state index contributed by atoms with van der Waals surface area (Å²) in [4.78, 5) is 40.0. The summed E-state index contributed by atoms with van der Waals surface area (Å²) in [5, 5.41) is 7.49. The Labute approximate surface area is 225 Å². The molecule has 0 radical (unpaired) electrons. The maximum absolute atomic E-state index is 13.1. The van der Waals surface area contributed by atoms with Crippen molar-refractivity contribution >= 4 is 68.4 Å². The van der Waals surface area contributed by atoms with Crippen molar-refractivity contribution in [2.75, 3.05) is 11.1 Å². The van der Waals surface area contributed by atoms with Gasteiger partial charge in [0.15, 0.2) is 5.78 Å². The van der Waals surface area contributed by atoms with Crippen molar-refractivity contribution in [1.82, 2.24) is 5.32 Å². The molecule has 2 N–H and O–H groups in total. The van der Waals surface area contributed by atoms with Crippen LogP contribution in [0.5, 0.6) is 0 Å². The van der Waals surface area contributed by atoms with E-state index < -0.39 is 5.91 Å². The summed E-state index contributed by atoms with van der Waals surface area (Å²) >= 11 is 6.23. The van der Waals surface area contributed by atoms with Crippen LogP contribution in [0, 0.1) is 0 Å². The van der Waals surface area contributed by atoms with E-state index in [1.54, 1.807) is 54.6 Å². The molecule has 0 bridgehead atoms. The van der Waals surface area contributed by atoms with Gasteiger partial charge >= 0.3 is 0 Å². The lowest BCUT2D eigenvalue weighted by atomic mass is 10.2. The average Bonchev–Trinajstić information content (AvgIpc) is 3.41. The summed E-state index contributed by atoms with van der Waals surface area (Å²) in [5.41, 5.74) is 1.80. The van der Waals surface area contributed by atoms with E-state index in [4.69, 9.17) is 0 Å². The fraction of sp³-hybridized carbons (Fsp3) is 0.0357. The Bertz CT molecular complexity index is 1390. The van der Waals surface area contributed by atoms with Crippen LogP contribution in [0.25, 0.3) is 6.08 Å². The fourth-order valence-corrected chi connectivity index (χ4v) is 4.96. The predicted octanol–water partition coefficient (Wildman–Crippen LogP) is 6.90. The number of carbonyl (C=O) groups is 3. The smallest absolute Gasteiger partial charge is 0.272 e. The van der Waals surface area contributed by atoms with Crippen molar-refractivity contribution in [3.63, 3.8) is 0 Å². The number of thiophene rings is 1. The molecule has 36 heavy (non-hydrogen) atoms. The van der Waals surface area contributed by atoms with Gasteiger partial charge in [0.05, 0.1) is 5.75 Å². The number of halogens is 1. The Kier molecular flexibility index (Phi) is 8.89. The zero-order valence-electron chi connectivity index (χ0n) is 18.9. The molecule has 4 rings (SSSR count). The molecule has 3 aromatic carbocycles. The van der Waals surface area contributed by atoms with Crippen LogP contribution in [0.2, 0.25) is 0 Å². The second-order valence-electron chi connectivity index (χ2n) is 7.59. The Morgan fingerprint density at radius 2 is 1.64 bits per heavy atom. The van der Waals surface area contributed by atoms with Gasteiger partial charge in [0, 0.05) is 31.1 Å². The van der Waals surface area contributed by atoms with E-state index in [2.05, 4.69) is 26.6 Å². The first kappa shape index (κ1) is 25.6. The first-order valence-electron chi connectivity index (χ1n) is 10.9. The van der Waals surface area contributed by atoms with Gasteiger partial charge in [-0.1, -0.05) is 58.4 Å². The molecule has 5 nitrogen and oxygen atoms in total. The summed E-state index contributed by atoms with van der Waals surface area (Å²) in [6, 6.07) is 27.0. The summed E-state index contributed by atoms with van der Waals surface area (Å²) in [6.07, 6.45) is 1.65. The van der Waals surface area contributed by atoms with E-state index >= 15 is 0 Å². The van der Waals surface area contributed by atoms with Crippen LogP contribution < -0.4 is 10.6 Å². The van der Waals surface area contributed by atoms with E-state index in [0.717, 1.165) is 14.2 Å². The minimum Gasteiger partial charge on any atom is -0.321 e. The van der Waals surface area contributed by atoms with Crippen molar-refractivity contribution in [2.24, 2.45) is 0 Å². The number of thioether (sulfide) groups is 1. The van der Waals surface area contributed by atoms with Gasteiger partial charge in [0.1, 0.15) is 5.70 Å². The molecule has 180 valence electrons. The van der Waals surface area contributed by atoms with Gasteiger partial charge in [0.25, 0.3) is 11.8 Å². The van der Waals surface area contributed by atoms with Crippen molar-refractivity contribution in [1.29, 1.82) is 0 Å². The third-order valence-electron chi connectivity index (χ3n) is 4.99. The van der Waals surface area contributed by atoms with Crippen LogP contribution in [0.15, 0.2) is 111 Å². The van der Waals surface area contributed by atoms with Crippen LogP contribution in [-0.4, -0.2) is 23.4 Å². The molecule has 1 heterocycles. The summed E-state index contributed by atoms with van der Waals surface area (Å²) < 4.78 is 0.919. The average molecular weight is 578 g/mol. The van der Waals surface area contributed by atoms with Gasteiger partial charge < -0.3 is 10.6 Å². The molecule has 0 aliphatic heterocycles. The van der Waals surface area contributed by atoms with Crippen LogP contribution >= 0.6 is 39.0 Å². The van der Waals surface area contributed by atoms with Gasteiger partial charge in [-0.3, -0.25) is 14.4 Å². The number of Topliss-reactive ketones (excluding diaryl/α,β-unsaturated/α-hetero) is 1. The Morgan fingerprint density at radius 3 is 2.36 bits per heavy atom. The molecule has 0 unspecified atom stereocenters. The van der Waals surface area contributed by atoms with Crippen molar-refractivity contribution in [3.05, 3.63) is 123 Å². The summed E-state index contributed by atoms with van der Waals surface area (Å²) in [6.45, 7) is 0. The van der Waals surface area contributed by atoms with Crippen molar-refractivity contribution in [3.8, 4) is 0 Å². The highest BCUT2D eigenvalue weighted by Gasteiger charge is 2.16. The highest BCUT2D eigenvalue weighted by molar-refractivity contribution is 9.10. The van der Waals surface area contributed by atoms with Crippen molar-refractivity contribution < 1.29 is 14.4 Å². The van der Waals surface area contributed by atoms with Crippen LogP contribution in [0.3, 0.4) is 0 Å². The largest absolute Gasteiger partial charge is 0.321 e. The molecule has 0 fully saturated rings. The quantitative estimate of drug-likeness (QED) is 0.129. The lowest BCUT2D eigenvalue weighted by molar-refractivity contribution is -0.113. The zero-order valence-corrected chi connectivity index (χ0v) is 22.2. The molecule has 1 aromatic heterocycles. The minimum absolute atomic E-state index is 0.0201. The van der Waals surface area contributed by atoms with Crippen molar-refractivity contribution in [2.45, 2.75) is 4.90 Å². The first-order valence-corrected chi connectivity index (χ1v) is 13.6. The number of hydrogen-bond donors (Lipinski definition) is 2. The van der Waals surface area contributed by atoms with E-state index in [0.29, 0.717) is 16.8 Å². The molecule has 4 aromatic rings. The fourth-order valence-electron chi connectivity index (χ4n) is 3.19. The lowest BCUT2D eigenvalue weighted by Crippen LogP contribution is -2.30. The third-order valence-corrected chi connectivity index (χ3v) is 7.33. The number of carbonyl (C=O) groups excluding carboxylic acids is 3. The zero-order chi connectivity index (χ0) is 25.3. The lowest BCUT2D eigenvalue weighted by Gasteiger charge is -2.12. The Hall–Kier alpha value is -3.46.